The topological polar surface area (TPSA) is 75.9 Å². The van der Waals surface area contributed by atoms with Crippen molar-refractivity contribution in [3.8, 4) is 11.5 Å². The number of hydrogen-bond acceptors (Lipinski definition) is 6. The van der Waals surface area contributed by atoms with Gasteiger partial charge in [0.2, 0.25) is 0 Å². The summed E-state index contributed by atoms with van der Waals surface area (Å²) in [5.41, 5.74) is -0.549. The molecule has 5 heterocycles. The maximum Gasteiger partial charge on any atom is 0.417 e. The highest BCUT2D eigenvalue weighted by Gasteiger charge is 2.48. The second-order valence-electron chi connectivity index (χ2n) is 10.4. The Bertz CT molecular complexity index is 1260. The summed E-state index contributed by atoms with van der Waals surface area (Å²) in [7, 11) is 0. The maximum atomic E-state index is 13.2. The zero-order valence-corrected chi connectivity index (χ0v) is 19.8. The third kappa shape index (κ3) is 4.63. The number of nitrogens with zero attached hydrogens (tertiary/aromatic N) is 6. The molecule has 2 aliphatic heterocycles. The van der Waals surface area contributed by atoms with Crippen molar-refractivity contribution in [1.82, 2.24) is 24.3 Å². The zero-order chi connectivity index (χ0) is 25.0. The minimum absolute atomic E-state index is 0.0226. The fraction of sp³-hybridized carbons (Fsp3) is 0.500. The Balaban J connectivity index is 1.35. The first-order valence-corrected chi connectivity index (χ1v) is 11.5. The van der Waals surface area contributed by atoms with Gasteiger partial charge in [-0.3, -0.25) is 4.40 Å². The lowest BCUT2D eigenvalue weighted by molar-refractivity contribution is -0.137. The summed E-state index contributed by atoms with van der Waals surface area (Å²) in [4.78, 5) is 29.5. The third-order valence-corrected chi connectivity index (χ3v) is 6.39. The summed E-state index contributed by atoms with van der Waals surface area (Å²) in [6.07, 6.45) is 1.31. The lowest BCUT2D eigenvalue weighted by Crippen LogP contribution is -2.64. The summed E-state index contributed by atoms with van der Waals surface area (Å²) in [6.45, 7) is 8.34. The number of fused-ring (bicyclic) bond motifs is 1. The number of rotatable bonds is 2. The summed E-state index contributed by atoms with van der Waals surface area (Å²) >= 11 is 0. The van der Waals surface area contributed by atoms with Gasteiger partial charge in [-0.05, 0) is 51.8 Å². The SMILES string of the molecule is CC(C)(C)OC(=O)N1CC2(CCCN(c3ccnc(-c4cnc5ccc(C(F)(F)F)cn45)n3)C2)C1. The molecule has 8 nitrogen and oxygen atoms in total. The van der Waals surface area contributed by atoms with Gasteiger partial charge in [0.05, 0.1) is 11.8 Å². The lowest BCUT2D eigenvalue weighted by atomic mass is 9.73. The van der Waals surface area contributed by atoms with Crippen molar-refractivity contribution < 1.29 is 22.7 Å². The Morgan fingerprint density at radius 1 is 1.09 bits per heavy atom. The molecule has 2 aliphatic rings. The minimum Gasteiger partial charge on any atom is -0.444 e. The van der Waals surface area contributed by atoms with Gasteiger partial charge >= 0.3 is 12.3 Å². The second-order valence-corrected chi connectivity index (χ2v) is 10.4. The van der Waals surface area contributed by atoms with E-state index in [0.29, 0.717) is 36.1 Å². The molecule has 11 heteroatoms. The van der Waals surface area contributed by atoms with Crippen molar-refractivity contribution in [2.75, 3.05) is 31.1 Å². The van der Waals surface area contributed by atoms with Crippen molar-refractivity contribution in [2.24, 2.45) is 5.41 Å². The number of anilines is 1. The Kier molecular flexibility index (Phi) is 5.41. The van der Waals surface area contributed by atoms with Crippen molar-refractivity contribution in [2.45, 2.75) is 45.4 Å². The molecule has 1 amide bonds. The van der Waals surface area contributed by atoms with Crippen LogP contribution in [0.4, 0.5) is 23.8 Å². The summed E-state index contributed by atoms with van der Waals surface area (Å²) < 4.78 is 46.5. The van der Waals surface area contributed by atoms with Crippen LogP contribution >= 0.6 is 0 Å². The lowest BCUT2D eigenvalue weighted by Gasteiger charge is -2.54. The van der Waals surface area contributed by atoms with Crippen LogP contribution in [0.25, 0.3) is 17.2 Å². The number of likely N-dealkylation sites (tertiary alicyclic amines) is 1. The number of hydrogen-bond donors (Lipinski definition) is 0. The number of carbonyl (C=O) groups excluding carboxylic acids is 1. The van der Waals surface area contributed by atoms with Crippen molar-refractivity contribution in [1.29, 1.82) is 0 Å². The molecule has 35 heavy (non-hydrogen) atoms. The predicted molar refractivity (Wildman–Crippen MR) is 123 cm³/mol. The normalized spacial score (nSPS) is 18.1. The first kappa shape index (κ1) is 23.4. The molecule has 0 unspecified atom stereocenters. The van der Waals surface area contributed by atoms with Gasteiger partial charge in [0, 0.05) is 44.0 Å². The predicted octanol–water partition coefficient (Wildman–Crippen LogP) is 4.65. The highest BCUT2D eigenvalue weighted by Crippen LogP contribution is 2.41. The second kappa shape index (κ2) is 8.10. The van der Waals surface area contributed by atoms with E-state index in [9.17, 15) is 18.0 Å². The largest absolute Gasteiger partial charge is 0.444 e. The average Bonchev–Trinajstić information content (AvgIpc) is 3.19. The number of pyridine rings is 1. The first-order chi connectivity index (χ1) is 16.4. The molecule has 0 bridgehead atoms. The van der Waals surface area contributed by atoms with E-state index in [1.165, 1.54) is 16.7 Å². The first-order valence-electron chi connectivity index (χ1n) is 11.5. The van der Waals surface area contributed by atoms with Crippen LogP contribution < -0.4 is 4.90 Å². The molecule has 3 aromatic heterocycles. The van der Waals surface area contributed by atoms with E-state index < -0.39 is 17.3 Å². The maximum absolute atomic E-state index is 13.2. The molecular weight excluding hydrogens is 461 g/mol. The molecule has 5 rings (SSSR count). The van der Waals surface area contributed by atoms with Crippen molar-refractivity contribution >= 4 is 17.6 Å². The summed E-state index contributed by atoms with van der Waals surface area (Å²) in [5, 5.41) is 0. The van der Waals surface area contributed by atoms with Gasteiger partial charge in [-0.15, -0.1) is 0 Å². The van der Waals surface area contributed by atoms with Gasteiger partial charge in [0.1, 0.15) is 22.8 Å². The van der Waals surface area contributed by atoms with Gasteiger partial charge in [0.25, 0.3) is 0 Å². The Labute approximate surface area is 200 Å². The van der Waals surface area contributed by atoms with Gasteiger partial charge in [0.15, 0.2) is 5.82 Å². The molecule has 0 N–H and O–H groups in total. The molecule has 0 saturated carbocycles. The van der Waals surface area contributed by atoms with Crippen LogP contribution in [-0.4, -0.2) is 62.1 Å². The number of piperidine rings is 1. The van der Waals surface area contributed by atoms with Crippen molar-refractivity contribution in [3.63, 3.8) is 0 Å². The molecule has 1 spiro atoms. The van der Waals surface area contributed by atoms with E-state index in [-0.39, 0.29) is 11.5 Å². The Morgan fingerprint density at radius 3 is 2.57 bits per heavy atom. The van der Waals surface area contributed by atoms with E-state index in [4.69, 9.17) is 4.74 Å². The Morgan fingerprint density at radius 2 is 1.86 bits per heavy atom. The number of alkyl halides is 3. The minimum atomic E-state index is -4.46. The van der Waals surface area contributed by atoms with E-state index in [1.807, 2.05) is 20.8 Å². The van der Waals surface area contributed by atoms with Crippen LogP contribution in [-0.2, 0) is 10.9 Å². The van der Waals surface area contributed by atoms with Crippen LogP contribution in [0.15, 0.2) is 36.8 Å². The number of amides is 1. The zero-order valence-electron chi connectivity index (χ0n) is 19.8. The molecule has 0 aromatic carbocycles. The molecule has 0 radical (unpaired) electrons. The van der Waals surface area contributed by atoms with E-state index in [2.05, 4.69) is 19.9 Å². The van der Waals surface area contributed by atoms with Gasteiger partial charge < -0.3 is 14.5 Å². The molecule has 3 aromatic rings. The van der Waals surface area contributed by atoms with Crippen LogP contribution in [0.3, 0.4) is 0 Å². The molecule has 2 saturated heterocycles. The summed E-state index contributed by atoms with van der Waals surface area (Å²) in [6, 6.07) is 4.14. The van der Waals surface area contributed by atoms with E-state index >= 15 is 0 Å². The molecule has 0 aliphatic carbocycles. The number of ether oxygens (including phenoxy) is 1. The molecule has 0 atom stereocenters. The molecule has 2 fully saturated rings. The third-order valence-electron chi connectivity index (χ3n) is 6.39. The highest BCUT2D eigenvalue weighted by atomic mass is 19.4. The summed E-state index contributed by atoms with van der Waals surface area (Å²) in [5.74, 6) is 1.00. The quantitative estimate of drug-likeness (QED) is 0.523. The van der Waals surface area contributed by atoms with Gasteiger partial charge in [-0.1, -0.05) is 0 Å². The average molecular weight is 489 g/mol. The number of halogens is 3. The van der Waals surface area contributed by atoms with E-state index in [0.717, 1.165) is 38.2 Å². The highest BCUT2D eigenvalue weighted by molar-refractivity contribution is 5.69. The smallest absolute Gasteiger partial charge is 0.417 e. The Hall–Kier alpha value is -3.37. The molecule has 186 valence electrons. The van der Waals surface area contributed by atoms with Gasteiger partial charge in [-0.2, -0.15) is 13.2 Å². The molecular formula is C24H27F3N6O2. The number of imidazole rings is 1. The van der Waals surface area contributed by atoms with Crippen LogP contribution in [0.2, 0.25) is 0 Å². The van der Waals surface area contributed by atoms with Crippen LogP contribution in [0.1, 0.15) is 39.2 Å². The fourth-order valence-corrected chi connectivity index (χ4v) is 4.84. The van der Waals surface area contributed by atoms with E-state index in [1.54, 1.807) is 17.2 Å². The van der Waals surface area contributed by atoms with Gasteiger partial charge in [-0.25, -0.2) is 19.7 Å². The number of aromatic nitrogens is 4. The van der Waals surface area contributed by atoms with Crippen molar-refractivity contribution in [3.05, 3.63) is 42.4 Å². The monoisotopic (exact) mass is 488 g/mol. The van der Waals surface area contributed by atoms with Crippen LogP contribution in [0, 0.1) is 5.41 Å². The fourth-order valence-electron chi connectivity index (χ4n) is 4.84. The van der Waals surface area contributed by atoms with Crippen LogP contribution in [0.5, 0.6) is 0 Å². The standard InChI is InChI=1S/C24H27F3N6O2/c1-22(2,3)35-21(34)32-14-23(15-32)8-4-10-31(13-23)19-7-9-28-20(30-19)17-11-29-18-6-5-16(12-33(17)18)24(25,26)27/h5-7,9,11-12H,4,8,10,13-15H2,1-3H3. The number of carbonyl (C=O) groups is 1.